The first-order valence-corrected chi connectivity index (χ1v) is 6.02. The van der Waals surface area contributed by atoms with Gasteiger partial charge in [0.2, 0.25) is 0 Å². The van der Waals surface area contributed by atoms with E-state index in [0.29, 0.717) is 5.88 Å². The first-order valence-electron chi connectivity index (χ1n) is 4.69. The van der Waals surface area contributed by atoms with Gasteiger partial charge in [0.15, 0.2) is 0 Å². The maximum atomic E-state index is 9.20. The molecule has 1 N–H and O–H groups in total. The van der Waals surface area contributed by atoms with Crippen LogP contribution < -0.4 is 0 Å². The lowest BCUT2D eigenvalue weighted by atomic mass is 10.2. The summed E-state index contributed by atoms with van der Waals surface area (Å²) in [7, 11) is 0. The molecule has 80 valence electrons. The monoisotopic (exact) mass is 287 g/mol. The van der Waals surface area contributed by atoms with Crippen LogP contribution in [0.3, 0.4) is 0 Å². The van der Waals surface area contributed by atoms with Crippen molar-refractivity contribution in [2.75, 3.05) is 12.5 Å². The van der Waals surface area contributed by atoms with Crippen LogP contribution in [0.5, 0.6) is 0 Å². The van der Waals surface area contributed by atoms with E-state index in [1.807, 2.05) is 29.0 Å². The van der Waals surface area contributed by atoms with Gasteiger partial charge in [-0.15, -0.1) is 11.6 Å². The third-order valence-electron chi connectivity index (χ3n) is 2.46. The Bertz CT molecular complexity index is 465. The molecule has 0 fully saturated rings. The number of nitrogens with zero attached hydrogens (tertiary/aromatic N) is 1. The molecule has 2 rings (SSSR count). The highest BCUT2D eigenvalue weighted by molar-refractivity contribution is 9.10. The van der Waals surface area contributed by atoms with Crippen molar-refractivity contribution in [3.05, 3.63) is 34.9 Å². The molecular weight excluding hydrogens is 277 g/mol. The average Bonchev–Trinajstić information content (AvgIpc) is 2.63. The maximum absolute atomic E-state index is 9.20. The number of aromatic nitrogens is 1. The standard InChI is InChI=1S/C11H11BrClNO/c12-9-1-2-11-8(5-9)3-4-14(11)10(6-13)7-15/h1-5,10,15H,6-7H2. The van der Waals surface area contributed by atoms with Gasteiger partial charge in [0, 0.05) is 27.5 Å². The topological polar surface area (TPSA) is 25.2 Å². The number of alkyl halides is 1. The summed E-state index contributed by atoms with van der Waals surface area (Å²) in [6.45, 7) is 0.0589. The second-order valence-electron chi connectivity index (χ2n) is 3.42. The Hall–Kier alpha value is -0.510. The molecule has 4 heteroatoms. The van der Waals surface area contributed by atoms with E-state index in [2.05, 4.69) is 22.0 Å². The van der Waals surface area contributed by atoms with Crippen LogP contribution >= 0.6 is 27.5 Å². The molecule has 0 saturated carbocycles. The molecule has 1 aromatic carbocycles. The number of aliphatic hydroxyl groups is 1. The molecule has 0 aliphatic carbocycles. The minimum Gasteiger partial charge on any atom is -0.394 e. The molecule has 2 aromatic rings. The first kappa shape index (κ1) is 11.0. The van der Waals surface area contributed by atoms with Crippen molar-refractivity contribution in [3.63, 3.8) is 0 Å². The Morgan fingerprint density at radius 2 is 2.20 bits per heavy atom. The Morgan fingerprint density at radius 3 is 2.87 bits per heavy atom. The highest BCUT2D eigenvalue weighted by Gasteiger charge is 2.10. The summed E-state index contributed by atoms with van der Waals surface area (Å²) in [5.74, 6) is 0.413. The molecule has 15 heavy (non-hydrogen) atoms. The zero-order valence-electron chi connectivity index (χ0n) is 8.03. The molecule has 0 saturated heterocycles. The fraction of sp³-hybridized carbons (Fsp3) is 0.273. The van der Waals surface area contributed by atoms with E-state index in [4.69, 9.17) is 11.6 Å². The quantitative estimate of drug-likeness (QED) is 0.862. The summed E-state index contributed by atoms with van der Waals surface area (Å²) in [5.41, 5.74) is 1.10. The lowest BCUT2D eigenvalue weighted by Crippen LogP contribution is -2.13. The summed E-state index contributed by atoms with van der Waals surface area (Å²) in [6, 6.07) is 8.03. The van der Waals surface area contributed by atoms with E-state index >= 15 is 0 Å². The smallest absolute Gasteiger partial charge is 0.0702 e. The summed E-state index contributed by atoms with van der Waals surface area (Å²) in [4.78, 5) is 0. The molecule has 0 radical (unpaired) electrons. The second-order valence-corrected chi connectivity index (χ2v) is 4.64. The zero-order chi connectivity index (χ0) is 10.8. The molecule has 1 unspecified atom stereocenters. The predicted molar refractivity (Wildman–Crippen MR) is 66.5 cm³/mol. The molecule has 0 aliphatic heterocycles. The highest BCUT2D eigenvalue weighted by Crippen LogP contribution is 2.24. The molecular formula is C11H11BrClNO. The molecule has 0 amide bonds. The van der Waals surface area contributed by atoms with E-state index in [9.17, 15) is 5.11 Å². The summed E-state index contributed by atoms with van der Waals surface area (Å²) in [6.07, 6.45) is 1.96. The van der Waals surface area contributed by atoms with Crippen LogP contribution in [0.15, 0.2) is 34.9 Å². The molecule has 2 nitrogen and oxygen atoms in total. The van der Waals surface area contributed by atoms with Crippen molar-refractivity contribution in [1.29, 1.82) is 0 Å². The van der Waals surface area contributed by atoms with E-state index in [1.165, 1.54) is 0 Å². The molecule has 1 atom stereocenters. The Kier molecular flexibility index (Phi) is 3.34. The van der Waals surface area contributed by atoms with Crippen molar-refractivity contribution in [3.8, 4) is 0 Å². The van der Waals surface area contributed by atoms with Gasteiger partial charge in [-0.2, -0.15) is 0 Å². The van der Waals surface area contributed by atoms with Gasteiger partial charge in [-0.1, -0.05) is 15.9 Å². The number of aliphatic hydroxyl groups excluding tert-OH is 1. The van der Waals surface area contributed by atoms with Crippen LogP contribution in [-0.4, -0.2) is 22.2 Å². The number of benzene rings is 1. The summed E-state index contributed by atoms with van der Waals surface area (Å²) < 4.78 is 3.06. The lowest BCUT2D eigenvalue weighted by molar-refractivity contribution is 0.243. The van der Waals surface area contributed by atoms with Crippen molar-refractivity contribution in [2.45, 2.75) is 6.04 Å². The van der Waals surface area contributed by atoms with Crippen LogP contribution in [0.1, 0.15) is 6.04 Å². The van der Waals surface area contributed by atoms with E-state index in [-0.39, 0.29) is 12.6 Å². The number of fused-ring (bicyclic) bond motifs is 1. The van der Waals surface area contributed by atoms with Gasteiger partial charge in [-0.05, 0) is 24.3 Å². The molecule has 1 heterocycles. The fourth-order valence-electron chi connectivity index (χ4n) is 1.66. The number of rotatable bonds is 3. The van der Waals surface area contributed by atoms with Gasteiger partial charge >= 0.3 is 0 Å². The third-order valence-corrected chi connectivity index (χ3v) is 3.31. The van der Waals surface area contributed by atoms with E-state index in [1.54, 1.807) is 0 Å². The zero-order valence-corrected chi connectivity index (χ0v) is 10.4. The van der Waals surface area contributed by atoms with Crippen molar-refractivity contribution in [2.24, 2.45) is 0 Å². The van der Waals surface area contributed by atoms with Crippen LogP contribution in [0.25, 0.3) is 10.9 Å². The highest BCUT2D eigenvalue weighted by atomic mass is 79.9. The molecule has 0 aliphatic rings. The van der Waals surface area contributed by atoms with Crippen molar-refractivity contribution >= 4 is 38.4 Å². The van der Waals surface area contributed by atoms with Gasteiger partial charge in [-0.3, -0.25) is 0 Å². The van der Waals surface area contributed by atoms with Crippen molar-refractivity contribution in [1.82, 2.24) is 4.57 Å². The van der Waals surface area contributed by atoms with Crippen LogP contribution in [0.4, 0.5) is 0 Å². The van der Waals surface area contributed by atoms with Crippen LogP contribution in [-0.2, 0) is 0 Å². The Balaban J connectivity index is 2.53. The van der Waals surface area contributed by atoms with Crippen molar-refractivity contribution < 1.29 is 5.11 Å². The Labute approximate surface area is 102 Å². The average molecular weight is 289 g/mol. The predicted octanol–water partition coefficient (Wildman–Crippen LogP) is 3.18. The SMILES string of the molecule is OCC(CCl)n1ccc2cc(Br)ccc21. The van der Waals surface area contributed by atoms with Gasteiger partial charge < -0.3 is 9.67 Å². The molecule has 0 bridgehead atoms. The number of halogens is 2. The lowest BCUT2D eigenvalue weighted by Gasteiger charge is -2.14. The third kappa shape index (κ3) is 2.05. The first-order chi connectivity index (χ1) is 7.26. The largest absolute Gasteiger partial charge is 0.394 e. The summed E-state index contributed by atoms with van der Waals surface area (Å²) >= 11 is 9.23. The van der Waals surface area contributed by atoms with Gasteiger partial charge in [0.05, 0.1) is 12.6 Å². The minimum atomic E-state index is -0.0506. The van der Waals surface area contributed by atoms with Crippen LogP contribution in [0, 0.1) is 0 Å². The molecule has 0 spiro atoms. The number of hydrogen-bond donors (Lipinski definition) is 1. The second kappa shape index (κ2) is 4.56. The van der Waals surface area contributed by atoms with Crippen LogP contribution in [0.2, 0.25) is 0 Å². The minimum absolute atomic E-state index is 0.0506. The van der Waals surface area contributed by atoms with E-state index in [0.717, 1.165) is 15.4 Å². The normalized spacial score (nSPS) is 13.3. The molecule has 1 aromatic heterocycles. The van der Waals surface area contributed by atoms with E-state index < -0.39 is 0 Å². The van der Waals surface area contributed by atoms with Gasteiger partial charge in [0.1, 0.15) is 0 Å². The number of hydrogen-bond acceptors (Lipinski definition) is 1. The van der Waals surface area contributed by atoms with Gasteiger partial charge in [0.25, 0.3) is 0 Å². The fourth-order valence-corrected chi connectivity index (χ4v) is 2.29. The van der Waals surface area contributed by atoms with Gasteiger partial charge in [-0.25, -0.2) is 0 Å². The Morgan fingerprint density at radius 1 is 1.40 bits per heavy atom. The maximum Gasteiger partial charge on any atom is 0.0702 e. The summed E-state index contributed by atoms with van der Waals surface area (Å²) in [5, 5.41) is 10.3.